The summed E-state index contributed by atoms with van der Waals surface area (Å²) in [6, 6.07) is 11.2. The van der Waals surface area contributed by atoms with Crippen molar-refractivity contribution in [2.75, 3.05) is 38.5 Å². The van der Waals surface area contributed by atoms with Crippen molar-refractivity contribution in [2.24, 2.45) is 16.9 Å². The predicted octanol–water partition coefficient (Wildman–Crippen LogP) is 1.83. The second-order valence-electron chi connectivity index (χ2n) is 14.9. The molecule has 1 heterocycles. The van der Waals surface area contributed by atoms with Gasteiger partial charge in [-0.3, -0.25) is 28.8 Å². The number of carboxylic acid groups (broad SMARTS) is 2. The Kier molecular flexibility index (Phi) is 18.5. The number of aromatic nitrogens is 1. The number of carbonyl (C=O) groups excluding carboxylic acids is 4. The molecule has 0 aliphatic rings. The van der Waals surface area contributed by atoms with E-state index in [4.69, 9.17) is 16.6 Å². The van der Waals surface area contributed by atoms with Crippen molar-refractivity contribution in [1.82, 2.24) is 25.4 Å². The van der Waals surface area contributed by atoms with Crippen LogP contribution in [-0.4, -0.2) is 116 Å². The van der Waals surface area contributed by atoms with Crippen LogP contribution in [0.4, 0.5) is 8.78 Å². The molecule has 16 nitrogen and oxygen atoms in total. The molecule has 0 saturated carbocycles. The van der Waals surface area contributed by atoms with Gasteiger partial charge in [-0.15, -0.1) is 11.8 Å². The van der Waals surface area contributed by atoms with Gasteiger partial charge in [0.05, 0.1) is 18.6 Å². The molecule has 0 aliphatic carbocycles. The van der Waals surface area contributed by atoms with Gasteiger partial charge in [-0.2, -0.15) is 0 Å². The van der Waals surface area contributed by atoms with Crippen LogP contribution in [-0.2, 0) is 35.3 Å². The first-order chi connectivity index (χ1) is 27.8. The number of hydrogen-bond acceptors (Lipinski definition) is 10. The van der Waals surface area contributed by atoms with Gasteiger partial charge in [-0.25, -0.2) is 8.78 Å². The molecule has 0 saturated heterocycles. The molecule has 0 radical (unpaired) electrons. The van der Waals surface area contributed by atoms with E-state index in [1.165, 1.54) is 4.90 Å². The summed E-state index contributed by atoms with van der Waals surface area (Å²) in [7, 11) is 0. The molecule has 19 heteroatoms. The molecule has 0 bridgehead atoms. The minimum atomic E-state index is -1.28. The first kappa shape index (κ1) is 48.0. The van der Waals surface area contributed by atoms with E-state index in [1.807, 2.05) is 55.7 Å². The number of nitrogens with one attached hydrogen (secondary N) is 3. The van der Waals surface area contributed by atoms with E-state index in [-0.39, 0.29) is 43.8 Å². The smallest absolute Gasteiger partial charge is 0.320 e. The molecular weight excluding hydrogens is 793 g/mol. The zero-order chi connectivity index (χ0) is 43.9. The lowest BCUT2D eigenvalue weighted by Crippen LogP contribution is -2.48. The van der Waals surface area contributed by atoms with Crippen molar-refractivity contribution in [3.63, 3.8) is 0 Å². The van der Waals surface area contributed by atoms with Crippen molar-refractivity contribution in [3.8, 4) is 11.1 Å². The number of amides is 4. The number of thioether (sulfide) groups is 1. The number of nitrogens with two attached hydrogens (primary N) is 2. The Morgan fingerprint density at radius 1 is 0.864 bits per heavy atom. The van der Waals surface area contributed by atoms with Crippen LogP contribution >= 0.6 is 11.8 Å². The van der Waals surface area contributed by atoms with Crippen molar-refractivity contribution in [1.29, 1.82) is 0 Å². The van der Waals surface area contributed by atoms with Crippen LogP contribution in [0.5, 0.6) is 0 Å². The van der Waals surface area contributed by atoms with E-state index in [0.29, 0.717) is 17.8 Å². The van der Waals surface area contributed by atoms with Crippen LogP contribution in [0.1, 0.15) is 57.3 Å². The Morgan fingerprint density at radius 2 is 1.54 bits per heavy atom. The molecule has 10 N–H and O–H groups in total. The minimum Gasteiger partial charge on any atom is -0.480 e. The van der Waals surface area contributed by atoms with Crippen LogP contribution in [0.3, 0.4) is 0 Å². The van der Waals surface area contributed by atoms with Gasteiger partial charge < -0.3 is 52.2 Å². The average molecular weight is 846 g/mol. The molecule has 322 valence electrons. The van der Waals surface area contributed by atoms with E-state index in [0.717, 1.165) is 35.5 Å². The van der Waals surface area contributed by atoms with Crippen molar-refractivity contribution >= 4 is 47.3 Å². The first-order valence-corrected chi connectivity index (χ1v) is 19.9. The highest BCUT2D eigenvalue weighted by Gasteiger charge is 2.37. The predicted molar refractivity (Wildman–Crippen MR) is 217 cm³/mol. The van der Waals surface area contributed by atoms with Crippen LogP contribution in [0.25, 0.3) is 11.1 Å². The lowest BCUT2D eigenvalue weighted by Gasteiger charge is -2.41. The van der Waals surface area contributed by atoms with Crippen LogP contribution in [0.2, 0.25) is 0 Å². The quantitative estimate of drug-likeness (QED) is 0.0637. The molecule has 3 aromatic rings. The topological polar surface area (TPSA) is 259 Å². The second-order valence-corrected chi connectivity index (χ2v) is 16.2. The third-order valence-corrected chi connectivity index (χ3v) is 10.4. The Bertz CT molecular complexity index is 1930. The number of aliphatic carboxylic acids is 2. The highest BCUT2D eigenvalue weighted by molar-refractivity contribution is 8.00. The molecule has 59 heavy (non-hydrogen) atoms. The number of rotatable bonds is 23. The zero-order valence-corrected chi connectivity index (χ0v) is 34.0. The molecule has 3 rings (SSSR count). The zero-order valence-electron chi connectivity index (χ0n) is 33.2. The van der Waals surface area contributed by atoms with Crippen molar-refractivity contribution in [3.05, 3.63) is 83.7 Å². The maximum Gasteiger partial charge on any atom is 0.320 e. The van der Waals surface area contributed by atoms with Crippen LogP contribution in [0.15, 0.2) is 60.8 Å². The molecule has 0 aliphatic heterocycles. The van der Waals surface area contributed by atoms with E-state index < -0.39 is 95.6 Å². The lowest BCUT2D eigenvalue weighted by molar-refractivity contribution is -0.140. The number of nitrogens with zero attached hydrogens (tertiary/aromatic N) is 2. The van der Waals surface area contributed by atoms with Gasteiger partial charge in [0.2, 0.25) is 23.6 Å². The highest BCUT2D eigenvalue weighted by Crippen LogP contribution is 2.41. The number of carbonyl (C=O) groups is 6. The second kappa shape index (κ2) is 22.7. The summed E-state index contributed by atoms with van der Waals surface area (Å²) < 4.78 is 31.2. The Hall–Kier alpha value is -5.37. The van der Waals surface area contributed by atoms with Gasteiger partial charge in [0, 0.05) is 55.6 Å². The molecule has 4 atom stereocenters. The summed E-state index contributed by atoms with van der Waals surface area (Å²) in [4.78, 5) is 74.7. The summed E-state index contributed by atoms with van der Waals surface area (Å²) in [5.41, 5.74) is 12.9. The fourth-order valence-electron chi connectivity index (χ4n) is 6.19. The van der Waals surface area contributed by atoms with Gasteiger partial charge >= 0.3 is 11.9 Å². The SMILES string of the molecule is CC(C)(C)[C@H](c1cc(-c2cc(F)ccc2F)cn1Cc1ccccc1)N(CC[C@H](N)C(=O)NCCNC(=O)CNC(=O)C[C@@H](SCC[C@H](N)C(=O)O)C(=O)O)C(=O)CO. The largest absolute Gasteiger partial charge is 0.480 e. The average Bonchev–Trinajstić information content (AvgIpc) is 3.58. The summed E-state index contributed by atoms with van der Waals surface area (Å²) in [5, 5.41) is 34.6. The minimum absolute atomic E-state index is 0.00471. The maximum absolute atomic E-state index is 15.0. The van der Waals surface area contributed by atoms with Gasteiger partial charge in [-0.05, 0) is 53.8 Å². The third-order valence-electron chi connectivity index (χ3n) is 9.15. The van der Waals surface area contributed by atoms with Crippen LogP contribution < -0.4 is 27.4 Å². The van der Waals surface area contributed by atoms with Crippen molar-refractivity contribution < 1.29 is 52.9 Å². The molecule has 4 amide bonds. The first-order valence-electron chi connectivity index (χ1n) is 18.8. The Morgan fingerprint density at radius 3 is 2.17 bits per heavy atom. The normalized spacial score (nSPS) is 13.4. The Labute approximate surface area is 345 Å². The third kappa shape index (κ3) is 15.1. The fourth-order valence-corrected chi connectivity index (χ4v) is 7.27. The summed E-state index contributed by atoms with van der Waals surface area (Å²) >= 11 is 0.862. The lowest BCUT2D eigenvalue weighted by atomic mass is 9.82. The van der Waals surface area contributed by atoms with E-state index in [1.54, 1.807) is 12.3 Å². The summed E-state index contributed by atoms with van der Waals surface area (Å²) in [6.07, 6.45) is 1.20. The fraction of sp³-hybridized carbons (Fsp3) is 0.450. The molecule has 0 spiro atoms. The molecule has 2 aromatic carbocycles. The van der Waals surface area contributed by atoms with Gasteiger partial charge in [0.1, 0.15) is 29.5 Å². The molecule has 1 aromatic heterocycles. The summed E-state index contributed by atoms with van der Waals surface area (Å²) in [6.45, 7) is 4.52. The Balaban J connectivity index is 1.62. The number of hydrogen-bond donors (Lipinski definition) is 8. The van der Waals surface area contributed by atoms with Gasteiger partial charge in [0.15, 0.2) is 0 Å². The van der Waals surface area contributed by atoms with Gasteiger partial charge in [-0.1, -0.05) is 51.1 Å². The van der Waals surface area contributed by atoms with E-state index in [2.05, 4.69) is 16.0 Å². The standard InChI is InChI=1S/C40H53F2N7O9S/c1-40(2,3)36(31-17-25(27-18-26(41)9-10-28(27)42)22-48(31)21-24-7-5-4-6-8-24)49(35(53)23-50)15-11-29(43)37(54)46-14-13-45-34(52)20-47-33(51)19-32(39(57)58)59-16-12-30(44)38(55)56/h4-10,17-18,22,29-30,32,36,50H,11-16,19-21,23,43-44H2,1-3H3,(H,45,52)(H,46,54)(H,47,51)(H,55,56)(H,57,58)/t29-,30-,32+,36-/m0/s1. The number of aliphatic hydroxyl groups is 1. The van der Waals surface area contributed by atoms with Crippen molar-refractivity contribution in [2.45, 2.75) is 70.0 Å². The molecular formula is C40H53F2N7O9S. The molecule has 0 unspecified atom stereocenters. The van der Waals surface area contributed by atoms with Crippen LogP contribution in [0, 0.1) is 17.0 Å². The van der Waals surface area contributed by atoms with Gasteiger partial charge in [0.25, 0.3) is 0 Å². The number of aliphatic hydroxyl groups excluding tert-OH is 1. The number of carboxylic acids is 2. The number of halogens is 2. The highest BCUT2D eigenvalue weighted by atomic mass is 32.2. The maximum atomic E-state index is 15.0. The summed E-state index contributed by atoms with van der Waals surface area (Å²) in [5.74, 6) is -6.23. The van der Waals surface area contributed by atoms with E-state index >= 15 is 4.39 Å². The monoisotopic (exact) mass is 845 g/mol. The molecule has 0 fully saturated rings. The number of benzene rings is 2. The van der Waals surface area contributed by atoms with E-state index in [9.17, 15) is 43.4 Å².